The first kappa shape index (κ1) is 15.8. The highest BCUT2D eigenvalue weighted by atomic mass is 16.5. The molecule has 0 unspecified atom stereocenters. The summed E-state index contributed by atoms with van der Waals surface area (Å²) in [6, 6.07) is 2.29. The van der Waals surface area contributed by atoms with Gasteiger partial charge in [-0.15, -0.1) is 0 Å². The van der Waals surface area contributed by atoms with E-state index in [1.165, 1.54) is 19.3 Å². The topological polar surface area (TPSA) is 73.0 Å². The first-order valence-electron chi connectivity index (χ1n) is 8.40. The lowest BCUT2D eigenvalue weighted by atomic mass is 9.96. The van der Waals surface area contributed by atoms with Crippen molar-refractivity contribution in [3.63, 3.8) is 0 Å². The van der Waals surface area contributed by atoms with E-state index in [9.17, 15) is 4.79 Å². The van der Waals surface area contributed by atoms with Gasteiger partial charge in [-0.3, -0.25) is 4.79 Å². The maximum Gasteiger partial charge on any atom is 0.225 e. The quantitative estimate of drug-likeness (QED) is 0.915. The molecule has 0 atom stereocenters. The third-order valence-electron chi connectivity index (χ3n) is 4.64. The average Bonchev–Trinajstić information content (AvgIpc) is 3.13. The smallest absolute Gasteiger partial charge is 0.225 e. The van der Waals surface area contributed by atoms with Gasteiger partial charge in [-0.1, -0.05) is 24.4 Å². The van der Waals surface area contributed by atoms with E-state index in [2.05, 4.69) is 15.6 Å². The van der Waals surface area contributed by atoms with Crippen LogP contribution in [0.3, 0.4) is 0 Å². The molecule has 0 saturated heterocycles. The second-order valence-corrected chi connectivity index (χ2v) is 6.30. The van der Waals surface area contributed by atoms with E-state index in [-0.39, 0.29) is 5.91 Å². The number of rotatable bonds is 5. The van der Waals surface area contributed by atoms with Crippen LogP contribution in [0.5, 0.6) is 0 Å². The van der Waals surface area contributed by atoms with E-state index < -0.39 is 0 Å². The van der Waals surface area contributed by atoms with Crippen molar-refractivity contribution in [1.29, 1.82) is 0 Å². The molecule has 124 valence electrons. The zero-order valence-corrected chi connectivity index (χ0v) is 13.8. The fraction of sp³-hybridized carbons (Fsp3) is 0.588. The maximum atomic E-state index is 12.3. The van der Waals surface area contributed by atoms with Gasteiger partial charge in [0.25, 0.3) is 0 Å². The van der Waals surface area contributed by atoms with Crippen molar-refractivity contribution in [2.75, 3.05) is 5.32 Å². The van der Waals surface area contributed by atoms with E-state index in [1.54, 1.807) is 6.20 Å². The number of hydrogen-bond acceptors (Lipinski definition) is 4. The molecule has 2 heterocycles. The molecule has 1 fully saturated rings. The molecule has 0 bridgehead atoms. The van der Waals surface area contributed by atoms with E-state index in [0.717, 1.165) is 35.7 Å². The number of aryl methyl sites for hydroxylation is 2. The van der Waals surface area contributed by atoms with Gasteiger partial charge in [0.2, 0.25) is 5.91 Å². The minimum absolute atomic E-state index is 0.00237. The first-order chi connectivity index (χ1) is 11.1. The molecule has 6 heteroatoms. The van der Waals surface area contributed by atoms with Crippen LogP contribution in [-0.2, 0) is 11.2 Å². The first-order valence-corrected chi connectivity index (χ1v) is 8.40. The van der Waals surface area contributed by atoms with Crippen LogP contribution < -0.4 is 5.32 Å². The van der Waals surface area contributed by atoms with Gasteiger partial charge in [0, 0.05) is 18.1 Å². The number of hydrogen-bond donors (Lipinski definition) is 1. The normalized spacial score (nSPS) is 15.7. The van der Waals surface area contributed by atoms with Gasteiger partial charge in [-0.2, -0.15) is 5.10 Å². The summed E-state index contributed by atoms with van der Waals surface area (Å²) in [5.41, 5.74) is 1.89. The Balaban J connectivity index is 1.59. The molecule has 1 aliphatic carbocycles. The van der Waals surface area contributed by atoms with Crippen LogP contribution in [0.15, 0.2) is 16.8 Å². The van der Waals surface area contributed by atoms with Gasteiger partial charge in [0.15, 0.2) is 0 Å². The van der Waals surface area contributed by atoms with Gasteiger partial charge in [-0.25, -0.2) is 4.68 Å². The highest BCUT2D eigenvalue weighted by Crippen LogP contribution is 2.30. The third kappa shape index (κ3) is 3.63. The highest BCUT2D eigenvalue weighted by molar-refractivity contribution is 5.90. The van der Waals surface area contributed by atoms with Gasteiger partial charge < -0.3 is 9.84 Å². The molecule has 0 radical (unpaired) electrons. The Morgan fingerprint density at radius 1 is 1.35 bits per heavy atom. The monoisotopic (exact) mass is 316 g/mol. The van der Waals surface area contributed by atoms with Gasteiger partial charge >= 0.3 is 0 Å². The number of aromatic nitrogens is 3. The number of carbonyl (C=O) groups excluding carboxylic acids is 1. The van der Waals surface area contributed by atoms with Crippen molar-refractivity contribution in [1.82, 2.24) is 14.9 Å². The summed E-state index contributed by atoms with van der Waals surface area (Å²) in [7, 11) is 0. The average molecular weight is 316 g/mol. The Bertz CT molecular complexity index is 648. The van der Waals surface area contributed by atoms with Crippen molar-refractivity contribution in [2.45, 2.75) is 64.8 Å². The Morgan fingerprint density at radius 2 is 2.13 bits per heavy atom. The van der Waals surface area contributed by atoms with E-state index in [1.807, 2.05) is 24.6 Å². The summed E-state index contributed by atoms with van der Waals surface area (Å²) in [6.45, 7) is 3.78. The lowest BCUT2D eigenvalue weighted by Crippen LogP contribution is -2.20. The molecule has 1 N–H and O–H groups in total. The molecular weight excluding hydrogens is 292 g/mol. The Morgan fingerprint density at radius 3 is 2.83 bits per heavy atom. The van der Waals surface area contributed by atoms with Crippen molar-refractivity contribution in [3.8, 4) is 0 Å². The van der Waals surface area contributed by atoms with Crippen molar-refractivity contribution in [3.05, 3.63) is 29.3 Å². The van der Waals surface area contributed by atoms with E-state index in [4.69, 9.17) is 4.52 Å². The van der Waals surface area contributed by atoms with Crippen LogP contribution in [-0.4, -0.2) is 20.8 Å². The van der Waals surface area contributed by atoms with Crippen LogP contribution >= 0.6 is 0 Å². The molecule has 1 aliphatic rings. The maximum absolute atomic E-state index is 12.3. The van der Waals surface area contributed by atoms with Crippen LogP contribution in [0, 0.1) is 13.8 Å². The lowest BCUT2D eigenvalue weighted by Gasteiger charge is -2.23. The number of amides is 1. The molecule has 0 spiro atoms. The molecule has 23 heavy (non-hydrogen) atoms. The molecule has 0 aliphatic heterocycles. The zero-order chi connectivity index (χ0) is 16.2. The number of nitrogens with one attached hydrogen (secondary N) is 1. The van der Waals surface area contributed by atoms with Gasteiger partial charge in [-0.05, 0) is 33.1 Å². The zero-order valence-electron chi connectivity index (χ0n) is 13.8. The number of anilines is 1. The van der Waals surface area contributed by atoms with Crippen LogP contribution in [0.25, 0.3) is 0 Å². The summed E-state index contributed by atoms with van der Waals surface area (Å²) in [5.74, 6) is 1.60. The molecule has 2 aromatic heterocycles. The van der Waals surface area contributed by atoms with E-state index >= 15 is 0 Å². The third-order valence-corrected chi connectivity index (χ3v) is 4.64. The molecule has 6 nitrogen and oxygen atoms in total. The molecule has 1 amide bonds. The van der Waals surface area contributed by atoms with Crippen LogP contribution in [0.2, 0.25) is 0 Å². The molecular formula is C17H24N4O2. The van der Waals surface area contributed by atoms with Crippen molar-refractivity contribution in [2.24, 2.45) is 0 Å². The predicted molar refractivity (Wildman–Crippen MR) is 87.3 cm³/mol. The summed E-state index contributed by atoms with van der Waals surface area (Å²) in [6.07, 6.45) is 8.89. The summed E-state index contributed by atoms with van der Waals surface area (Å²) >= 11 is 0. The van der Waals surface area contributed by atoms with Crippen molar-refractivity contribution >= 4 is 11.7 Å². The second kappa shape index (κ2) is 6.98. The predicted octanol–water partition coefficient (Wildman–Crippen LogP) is 3.56. The fourth-order valence-electron chi connectivity index (χ4n) is 3.33. The Hall–Kier alpha value is -2.11. The van der Waals surface area contributed by atoms with Gasteiger partial charge in [0.05, 0.1) is 17.9 Å². The SMILES string of the molecule is Cc1noc(C)c1CCC(=O)Nc1ccnn1C1CCCCC1. The van der Waals surface area contributed by atoms with Crippen LogP contribution in [0.4, 0.5) is 5.82 Å². The van der Waals surface area contributed by atoms with Gasteiger partial charge in [0.1, 0.15) is 11.6 Å². The Kier molecular flexibility index (Phi) is 4.79. The summed E-state index contributed by atoms with van der Waals surface area (Å²) in [5, 5.41) is 11.3. The summed E-state index contributed by atoms with van der Waals surface area (Å²) < 4.78 is 7.12. The minimum Gasteiger partial charge on any atom is -0.361 e. The molecule has 3 rings (SSSR count). The fourth-order valence-corrected chi connectivity index (χ4v) is 3.33. The summed E-state index contributed by atoms with van der Waals surface area (Å²) in [4.78, 5) is 12.3. The molecule has 0 aromatic carbocycles. The minimum atomic E-state index is 0.00237. The number of nitrogens with zero attached hydrogens (tertiary/aromatic N) is 3. The largest absolute Gasteiger partial charge is 0.361 e. The molecule has 2 aromatic rings. The lowest BCUT2D eigenvalue weighted by molar-refractivity contribution is -0.116. The van der Waals surface area contributed by atoms with Crippen LogP contribution in [0.1, 0.15) is 61.6 Å². The number of carbonyl (C=O) groups is 1. The van der Waals surface area contributed by atoms with Crippen molar-refractivity contribution < 1.29 is 9.32 Å². The second-order valence-electron chi connectivity index (χ2n) is 6.30. The molecule has 1 saturated carbocycles. The Labute approximate surface area is 136 Å². The standard InChI is InChI=1S/C17H24N4O2/c1-12-15(13(2)23-20-12)8-9-17(22)19-16-10-11-18-21(16)14-6-4-3-5-7-14/h10-11,14H,3-9H2,1-2H3,(H,19,22). The van der Waals surface area contributed by atoms with E-state index in [0.29, 0.717) is 18.9 Å². The highest BCUT2D eigenvalue weighted by Gasteiger charge is 2.19.